The molecule has 0 amide bonds. The minimum Gasteiger partial charge on any atom is -0.389 e. The Hall–Kier alpha value is -0.860. The predicted octanol–water partition coefficient (Wildman–Crippen LogP) is 2.29. The maximum atomic E-state index is 10.3. The van der Waals surface area contributed by atoms with Crippen molar-refractivity contribution in [2.24, 2.45) is 0 Å². The number of aliphatic hydroxyl groups excluding tert-OH is 2. The number of aliphatic hydroxyl groups is 2. The van der Waals surface area contributed by atoms with Gasteiger partial charge in [-0.05, 0) is 18.1 Å². The van der Waals surface area contributed by atoms with Crippen LogP contribution in [-0.2, 0) is 10.8 Å². The zero-order valence-electron chi connectivity index (χ0n) is 11.3. The van der Waals surface area contributed by atoms with E-state index >= 15 is 0 Å². The standard InChI is InChI=1S/C15H22O2/c1-9-6-7-10-11(8-9)15(4,5)13(17)12(16)14(10,2)3/h6-8,12-13,16-17H,1-5H3. The molecule has 0 aromatic heterocycles. The van der Waals surface area contributed by atoms with Crippen molar-refractivity contribution in [3.8, 4) is 0 Å². The summed E-state index contributed by atoms with van der Waals surface area (Å²) in [7, 11) is 0. The first-order valence-electron chi connectivity index (χ1n) is 6.17. The van der Waals surface area contributed by atoms with E-state index in [0.29, 0.717) is 0 Å². The maximum absolute atomic E-state index is 10.3. The van der Waals surface area contributed by atoms with Gasteiger partial charge in [0.1, 0.15) is 0 Å². The molecule has 2 nitrogen and oxygen atoms in total. The number of fused-ring (bicyclic) bond motifs is 1. The molecule has 1 aromatic carbocycles. The molecule has 1 aliphatic rings. The molecule has 1 aliphatic carbocycles. The topological polar surface area (TPSA) is 40.5 Å². The molecular weight excluding hydrogens is 212 g/mol. The maximum Gasteiger partial charge on any atom is 0.0898 e. The number of hydrogen-bond acceptors (Lipinski definition) is 2. The van der Waals surface area contributed by atoms with Gasteiger partial charge in [-0.2, -0.15) is 0 Å². The lowest BCUT2D eigenvalue weighted by atomic mass is 9.60. The predicted molar refractivity (Wildman–Crippen MR) is 69.2 cm³/mol. The minimum atomic E-state index is -0.730. The Balaban J connectivity index is 2.73. The van der Waals surface area contributed by atoms with Crippen LogP contribution in [0.2, 0.25) is 0 Å². The summed E-state index contributed by atoms with van der Waals surface area (Å²) in [6.07, 6.45) is -1.46. The van der Waals surface area contributed by atoms with E-state index in [2.05, 4.69) is 25.1 Å². The van der Waals surface area contributed by atoms with E-state index in [0.717, 1.165) is 11.1 Å². The molecule has 0 saturated carbocycles. The Morgan fingerprint density at radius 1 is 0.882 bits per heavy atom. The highest BCUT2D eigenvalue weighted by molar-refractivity contribution is 5.46. The number of benzene rings is 1. The molecule has 94 valence electrons. The number of hydrogen-bond donors (Lipinski definition) is 2. The SMILES string of the molecule is Cc1ccc2c(c1)C(C)(C)C(O)C(O)C2(C)C. The van der Waals surface area contributed by atoms with Gasteiger partial charge in [0.25, 0.3) is 0 Å². The molecule has 2 heteroatoms. The van der Waals surface area contributed by atoms with Crippen LogP contribution in [0.3, 0.4) is 0 Å². The van der Waals surface area contributed by atoms with E-state index in [1.54, 1.807) is 0 Å². The lowest BCUT2D eigenvalue weighted by molar-refractivity contribution is -0.0673. The van der Waals surface area contributed by atoms with Crippen LogP contribution in [0.25, 0.3) is 0 Å². The molecule has 2 unspecified atom stereocenters. The summed E-state index contributed by atoms with van der Waals surface area (Å²) in [5, 5.41) is 20.6. The molecule has 0 bridgehead atoms. The molecule has 0 heterocycles. The smallest absolute Gasteiger partial charge is 0.0898 e. The highest BCUT2D eigenvalue weighted by Gasteiger charge is 2.49. The molecule has 0 radical (unpaired) electrons. The van der Waals surface area contributed by atoms with Gasteiger partial charge in [0.05, 0.1) is 12.2 Å². The lowest BCUT2D eigenvalue weighted by Crippen LogP contribution is -2.56. The van der Waals surface area contributed by atoms with Gasteiger partial charge in [-0.1, -0.05) is 51.5 Å². The van der Waals surface area contributed by atoms with Crippen LogP contribution in [0.4, 0.5) is 0 Å². The van der Waals surface area contributed by atoms with Crippen molar-refractivity contribution >= 4 is 0 Å². The summed E-state index contributed by atoms with van der Waals surface area (Å²) in [5.41, 5.74) is 2.68. The summed E-state index contributed by atoms with van der Waals surface area (Å²) >= 11 is 0. The molecular formula is C15H22O2. The van der Waals surface area contributed by atoms with Crippen molar-refractivity contribution < 1.29 is 10.2 Å². The molecule has 2 N–H and O–H groups in total. The summed E-state index contributed by atoms with van der Waals surface area (Å²) in [6, 6.07) is 6.29. The summed E-state index contributed by atoms with van der Waals surface area (Å²) in [4.78, 5) is 0. The van der Waals surface area contributed by atoms with Crippen molar-refractivity contribution in [3.05, 3.63) is 34.9 Å². The van der Waals surface area contributed by atoms with Gasteiger partial charge in [-0.15, -0.1) is 0 Å². The summed E-state index contributed by atoms with van der Waals surface area (Å²) in [6.45, 7) is 10.0. The third-order valence-corrected chi connectivity index (χ3v) is 4.34. The highest BCUT2D eigenvalue weighted by atomic mass is 16.3. The molecule has 0 saturated heterocycles. The monoisotopic (exact) mass is 234 g/mol. The van der Waals surface area contributed by atoms with E-state index in [-0.39, 0.29) is 0 Å². The van der Waals surface area contributed by atoms with E-state index in [1.165, 1.54) is 5.56 Å². The third kappa shape index (κ3) is 1.62. The van der Waals surface area contributed by atoms with Gasteiger partial charge in [0.15, 0.2) is 0 Å². The average molecular weight is 234 g/mol. The van der Waals surface area contributed by atoms with Crippen molar-refractivity contribution in [2.45, 2.75) is 57.7 Å². The van der Waals surface area contributed by atoms with E-state index < -0.39 is 23.0 Å². The second kappa shape index (κ2) is 3.56. The van der Waals surface area contributed by atoms with Gasteiger partial charge in [-0.25, -0.2) is 0 Å². The first kappa shape index (κ1) is 12.6. The zero-order chi connectivity index (χ0) is 13.0. The normalized spacial score (nSPS) is 29.8. The largest absolute Gasteiger partial charge is 0.389 e. The van der Waals surface area contributed by atoms with Crippen LogP contribution in [0.1, 0.15) is 44.4 Å². The van der Waals surface area contributed by atoms with Crippen molar-refractivity contribution in [1.29, 1.82) is 0 Å². The van der Waals surface area contributed by atoms with Crippen molar-refractivity contribution in [3.63, 3.8) is 0 Å². The molecule has 0 spiro atoms. The fourth-order valence-electron chi connectivity index (χ4n) is 2.86. The fraction of sp³-hybridized carbons (Fsp3) is 0.600. The Morgan fingerprint density at radius 2 is 1.35 bits per heavy atom. The summed E-state index contributed by atoms with van der Waals surface area (Å²) in [5.74, 6) is 0. The first-order chi connectivity index (χ1) is 7.69. The highest BCUT2D eigenvalue weighted by Crippen LogP contribution is 2.46. The average Bonchev–Trinajstić information content (AvgIpc) is 2.25. The number of rotatable bonds is 0. The Kier molecular flexibility index (Phi) is 2.64. The molecule has 1 aromatic rings. The van der Waals surface area contributed by atoms with E-state index in [9.17, 15) is 10.2 Å². The van der Waals surface area contributed by atoms with Crippen LogP contribution < -0.4 is 0 Å². The van der Waals surface area contributed by atoms with Crippen LogP contribution >= 0.6 is 0 Å². The first-order valence-corrected chi connectivity index (χ1v) is 6.17. The van der Waals surface area contributed by atoms with Gasteiger partial charge in [0, 0.05) is 10.8 Å². The molecule has 0 fully saturated rings. The molecule has 0 aliphatic heterocycles. The number of aryl methyl sites for hydroxylation is 1. The van der Waals surface area contributed by atoms with Crippen molar-refractivity contribution in [2.75, 3.05) is 0 Å². The second-order valence-corrected chi connectivity index (χ2v) is 6.38. The zero-order valence-corrected chi connectivity index (χ0v) is 11.3. The van der Waals surface area contributed by atoms with E-state index in [4.69, 9.17) is 0 Å². The van der Waals surface area contributed by atoms with Gasteiger partial charge >= 0.3 is 0 Å². The lowest BCUT2D eigenvalue weighted by Gasteiger charge is -2.48. The molecule has 2 rings (SSSR count). The van der Waals surface area contributed by atoms with Crippen LogP contribution in [0, 0.1) is 6.92 Å². The van der Waals surface area contributed by atoms with Gasteiger partial charge in [0.2, 0.25) is 0 Å². The Labute approximate surface area is 103 Å². The van der Waals surface area contributed by atoms with Gasteiger partial charge < -0.3 is 10.2 Å². The van der Waals surface area contributed by atoms with Crippen LogP contribution in [0.15, 0.2) is 18.2 Å². The van der Waals surface area contributed by atoms with E-state index in [1.807, 2.05) is 27.7 Å². The fourth-order valence-corrected chi connectivity index (χ4v) is 2.86. The molecule has 2 atom stereocenters. The molecule has 17 heavy (non-hydrogen) atoms. The third-order valence-electron chi connectivity index (χ3n) is 4.34. The van der Waals surface area contributed by atoms with Crippen LogP contribution in [-0.4, -0.2) is 22.4 Å². The summed E-state index contributed by atoms with van der Waals surface area (Å²) < 4.78 is 0. The quantitative estimate of drug-likeness (QED) is 0.723. The minimum absolute atomic E-state index is 0.405. The Morgan fingerprint density at radius 3 is 1.88 bits per heavy atom. The van der Waals surface area contributed by atoms with Gasteiger partial charge in [-0.3, -0.25) is 0 Å². The second-order valence-electron chi connectivity index (χ2n) is 6.38. The Bertz CT molecular complexity index is 446. The van der Waals surface area contributed by atoms with Crippen LogP contribution in [0.5, 0.6) is 0 Å². The van der Waals surface area contributed by atoms with Crippen molar-refractivity contribution in [1.82, 2.24) is 0 Å².